The van der Waals surface area contributed by atoms with Crippen LogP contribution in [-0.2, 0) is 9.47 Å². The molecule has 2 aliphatic rings. The maximum Gasteiger partial charge on any atom is 0.111 e. The van der Waals surface area contributed by atoms with Gasteiger partial charge in [-0.1, -0.05) is 0 Å². The highest BCUT2D eigenvalue weighted by Gasteiger charge is 2.50. The summed E-state index contributed by atoms with van der Waals surface area (Å²) in [6, 6.07) is 2.29. The molecule has 10 heavy (non-hydrogen) atoms. The molecule has 2 rings (SSSR count). The second-order valence-electron chi connectivity index (χ2n) is 2.89. The fourth-order valence-electron chi connectivity index (χ4n) is 1.36. The predicted octanol–water partition coefficient (Wildman–Crippen LogP) is 0.315. The van der Waals surface area contributed by atoms with Crippen LogP contribution in [0.2, 0.25) is 0 Å². The van der Waals surface area contributed by atoms with Crippen LogP contribution < -0.4 is 0 Å². The minimum absolute atomic E-state index is 0.167. The molecule has 0 spiro atoms. The summed E-state index contributed by atoms with van der Waals surface area (Å²) in [5.41, 5.74) is -0.292. The van der Waals surface area contributed by atoms with Gasteiger partial charge in [0, 0.05) is 6.61 Å². The van der Waals surface area contributed by atoms with E-state index >= 15 is 0 Å². The standard InChI is InChI=1S/C7H9NO2/c8-4-7(6-3-10-6)1-2-9-5-7/h6H,1-3,5H2. The van der Waals surface area contributed by atoms with Crippen molar-refractivity contribution in [1.82, 2.24) is 0 Å². The molecule has 0 aliphatic carbocycles. The van der Waals surface area contributed by atoms with E-state index in [9.17, 15) is 0 Å². The number of ether oxygens (including phenoxy) is 2. The van der Waals surface area contributed by atoms with E-state index in [1.165, 1.54) is 0 Å². The molecule has 0 saturated carbocycles. The highest BCUT2D eigenvalue weighted by Crippen LogP contribution is 2.39. The molecule has 3 heteroatoms. The van der Waals surface area contributed by atoms with E-state index in [0.29, 0.717) is 13.2 Å². The summed E-state index contributed by atoms with van der Waals surface area (Å²) in [7, 11) is 0. The van der Waals surface area contributed by atoms with Gasteiger partial charge in [0.1, 0.15) is 11.5 Å². The number of hydrogen-bond donors (Lipinski definition) is 0. The number of hydrogen-bond acceptors (Lipinski definition) is 3. The first-order valence-corrected chi connectivity index (χ1v) is 3.48. The Kier molecular flexibility index (Phi) is 1.19. The van der Waals surface area contributed by atoms with Crippen LogP contribution in [0, 0.1) is 16.7 Å². The molecule has 0 N–H and O–H groups in total. The van der Waals surface area contributed by atoms with Gasteiger partial charge in [0.2, 0.25) is 0 Å². The Hall–Kier alpha value is -0.590. The number of nitriles is 1. The summed E-state index contributed by atoms with van der Waals surface area (Å²) in [5.74, 6) is 0. The van der Waals surface area contributed by atoms with Crippen LogP contribution in [0.25, 0.3) is 0 Å². The summed E-state index contributed by atoms with van der Waals surface area (Å²) in [6.45, 7) is 2.03. The minimum atomic E-state index is -0.292. The molecule has 2 heterocycles. The van der Waals surface area contributed by atoms with Crippen molar-refractivity contribution in [3.05, 3.63) is 0 Å². The Labute approximate surface area is 59.5 Å². The van der Waals surface area contributed by atoms with Crippen LogP contribution in [0.4, 0.5) is 0 Å². The van der Waals surface area contributed by atoms with E-state index in [1.54, 1.807) is 0 Å². The Bertz CT molecular complexity index is 175. The first-order chi connectivity index (χ1) is 4.87. The smallest absolute Gasteiger partial charge is 0.111 e. The molecule has 0 radical (unpaired) electrons. The molecule has 54 valence electrons. The van der Waals surface area contributed by atoms with Crippen molar-refractivity contribution in [2.45, 2.75) is 12.5 Å². The monoisotopic (exact) mass is 139 g/mol. The van der Waals surface area contributed by atoms with Gasteiger partial charge in [-0.3, -0.25) is 0 Å². The maximum absolute atomic E-state index is 8.82. The number of nitrogens with zero attached hydrogens (tertiary/aromatic N) is 1. The van der Waals surface area contributed by atoms with Gasteiger partial charge in [-0.2, -0.15) is 5.26 Å². The van der Waals surface area contributed by atoms with Gasteiger partial charge < -0.3 is 9.47 Å². The van der Waals surface area contributed by atoms with E-state index in [4.69, 9.17) is 14.7 Å². The molecule has 2 fully saturated rings. The molecule has 2 saturated heterocycles. The van der Waals surface area contributed by atoms with Crippen molar-refractivity contribution in [2.24, 2.45) is 5.41 Å². The molecule has 2 atom stereocenters. The van der Waals surface area contributed by atoms with Crippen LogP contribution >= 0.6 is 0 Å². The third-order valence-electron chi connectivity index (χ3n) is 2.22. The Morgan fingerprint density at radius 2 is 2.40 bits per heavy atom. The zero-order valence-electron chi connectivity index (χ0n) is 5.67. The lowest BCUT2D eigenvalue weighted by Gasteiger charge is -2.13. The molecule has 0 bridgehead atoms. The highest BCUT2D eigenvalue weighted by molar-refractivity contribution is 5.10. The highest BCUT2D eigenvalue weighted by atomic mass is 16.6. The first kappa shape index (κ1) is 6.14. The van der Waals surface area contributed by atoms with E-state index in [0.717, 1.165) is 13.0 Å². The molecule has 2 unspecified atom stereocenters. The summed E-state index contributed by atoms with van der Waals surface area (Å²) in [6.07, 6.45) is 1.01. The van der Waals surface area contributed by atoms with Gasteiger partial charge >= 0.3 is 0 Å². The minimum Gasteiger partial charge on any atom is -0.380 e. The number of epoxide rings is 1. The van der Waals surface area contributed by atoms with Crippen molar-refractivity contribution < 1.29 is 9.47 Å². The molecular weight excluding hydrogens is 130 g/mol. The average molecular weight is 139 g/mol. The third kappa shape index (κ3) is 0.731. The molecule has 0 aromatic heterocycles. The van der Waals surface area contributed by atoms with Gasteiger partial charge in [0.15, 0.2) is 0 Å². The maximum atomic E-state index is 8.82. The van der Waals surface area contributed by atoms with Crippen LogP contribution in [0.15, 0.2) is 0 Å². The molecule has 0 aromatic carbocycles. The van der Waals surface area contributed by atoms with E-state index in [2.05, 4.69) is 6.07 Å². The van der Waals surface area contributed by atoms with E-state index in [1.807, 2.05) is 0 Å². The van der Waals surface area contributed by atoms with Crippen molar-refractivity contribution in [1.29, 1.82) is 5.26 Å². The van der Waals surface area contributed by atoms with Crippen molar-refractivity contribution >= 4 is 0 Å². The lowest BCUT2D eigenvalue weighted by molar-refractivity contribution is 0.157. The van der Waals surface area contributed by atoms with Crippen molar-refractivity contribution in [3.63, 3.8) is 0 Å². The first-order valence-electron chi connectivity index (χ1n) is 3.48. The predicted molar refractivity (Wildman–Crippen MR) is 33.2 cm³/mol. The van der Waals surface area contributed by atoms with E-state index in [-0.39, 0.29) is 11.5 Å². The zero-order valence-corrected chi connectivity index (χ0v) is 5.67. The second kappa shape index (κ2) is 1.94. The summed E-state index contributed by atoms with van der Waals surface area (Å²) >= 11 is 0. The quantitative estimate of drug-likeness (QED) is 0.491. The normalized spacial score (nSPS) is 44.9. The summed E-state index contributed by atoms with van der Waals surface area (Å²) < 4.78 is 10.2. The average Bonchev–Trinajstić information content (AvgIpc) is 2.71. The Morgan fingerprint density at radius 1 is 1.60 bits per heavy atom. The Balaban J connectivity index is 2.14. The topological polar surface area (TPSA) is 45.5 Å². The van der Waals surface area contributed by atoms with Gasteiger partial charge in [-0.15, -0.1) is 0 Å². The van der Waals surface area contributed by atoms with Crippen molar-refractivity contribution in [3.8, 4) is 6.07 Å². The SMILES string of the molecule is N#CC1(C2CO2)CCOC1. The molecule has 2 aliphatic heterocycles. The second-order valence-corrected chi connectivity index (χ2v) is 2.89. The van der Waals surface area contributed by atoms with Gasteiger partial charge in [-0.25, -0.2) is 0 Å². The van der Waals surface area contributed by atoms with Gasteiger partial charge in [0.25, 0.3) is 0 Å². The molecule has 0 amide bonds. The summed E-state index contributed by atoms with van der Waals surface area (Å²) in [5, 5.41) is 8.82. The lowest BCUT2D eigenvalue weighted by Crippen LogP contribution is -2.25. The fraction of sp³-hybridized carbons (Fsp3) is 0.857. The molecule has 3 nitrogen and oxygen atoms in total. The van der Waals surface area contributed by atoms with E-state index < -0.39 is 0 Å². The number of rotatable bonds is 1. The van der Waals surface area contributed by atoms with Crippen LogP contribution in [0.1, 0.15) is 6.42 Å². The Morgan fingerprint density at radius 3 is 2.80 bits per heavy atom. The zero-order chi connectivity index (χ0) is 7.03. The fourth-order valence-corrected chi connectivity index (χ4v) is 1.36. The lowest BCUT2D eigenvalue weighted by atomic mass is 9.86. The molecular formula is C7H9NO2. The summed E-state index contributed by atoms with van der Waals surface area (Å²) in [4.78, 5) is 0. The largest absolute Gasteiger partial charge is 0.380 e. The van der Waals surface area contributed by atoms with Crippen molar-refractivity contribution in [2.75, 3.05) is 19.8 Å². The van der Waals surface area contributed by atoms with Gasteiger partial charge in [-0.05, 0) is 6.42 Å². The van der Waals surface area contributed by atoms with Crippen LogP contribution in [-0.4, -0.2) is 25.9 Å². The molecule has 0 aromatic rings. The third-order valence-corrected chi connectivity index (χ3v) is 2.22. The van der Waals surface area contributed by atoms with Crippen LogP contribution in [0.3, 0.4) is 0 Å². The van der Waals surface area contributed by atoms with Crippen LogP contribution in [0.5, 0.6) is 0 Å². The van der Waals surface area contributed by atoms with Gasteiger partial charge in [0.05, 0.1) is 19.3 Å².